The van der Waals surface area contributed by atoms with Crippen LogP contribution in [-0.2, 0) is 12.3 Å². The van der Waals surface area contributed by atoms with Crippen LogP contribution in [-0.4, -0.2) is 14.0 Å². The van der Waals surface area contributed by atoms with Gasteiger partial charge in [0.05, 0.1) is 24.0 Å². The molecule has 8 rings (SSSR count). The lowest BCUT2D eigenvalue weighted by Gasteiger charge is -2.20. The van der Waals surface area contributed by atoms with Crippen molar-refractivity contribution in [3.8, 4) is 17.2 Å². The Morgan fingerprint density at radius 2 is 1.20 bits per heavy atom. The Balaban J connectivity index is 1.66. The lowest BCUT2D eigenvalue weighted by molar-refractivity contribution is -1.19. The van der Waals surface area contributed by atoms with Gasteiger partial charge in [-0.15, -0.1) is 9.36 Å². The van der Waals surface area contributed by atoms with E-state index in [1.165, 1.54) is 69.7 Å². The summed E-state index contributed by atoms with van der Waals surface area (Å²) in [5.41, 5.74) is -0.00862. The molecule has 1 spiro atoms. The molecule has 0 N–H and O–H groups in total. The van der Waals surface area contributed by atoms with E-state index in [2.05, 4.69) is 0 Å². The summed E-state index contributed by atoms with van der Waals surface area (Å²) in [6, 6.07) is 9.06. The molecular formula is C28H17F6N7+4. The quantitative estimate of drug-likeness (QED) is 0.200. The largest absolute Gasteiger partial charge is 0.584 e. The number of nitrogens with zero attached hydrogens (tertiary/aromatic N) is 7. The minimum atomic E-state index is -2.00. The zero-order valence-electron chi connectivity index (χ0n) is 20.8. The van der Waals surface area contributed by atoms with Crippen molar-refractivity contribution in [2.75, 3.05) is 0 Å². The number of benzene rings is 2. The maximum Gasteiger partial charge on any atom is 0.584 e. The lowest BCUT2D eigenvalue weighted by Crippen LogP contribution is -2.89. The average molecular weight is 565 g/mol. The fourth-order valence-corrected chi connectivity index (χ4v) is 6.17. The van der Waals surface area contributed by atoms with E-state index in [1.54, 1.807) is 18.3 Å². The minimum absolute atomic E-state index is 0.0415. The van der Waals surface area contributed by atoms with E-state index < -0.39 is 40.7 Å². The number of pyridine rings is 1. The molecule has 2 aromatic carbocycles. The molecule has 7 nitrogen and oxygen atoms in total. The fraction of sp³-hybridized carbons (Fsp3) is 0.0714. The zero-order chi connectivity index (χ0) is 28.2. The third kappa shape index (κ3) is 2.94. The zero-order valence-corrected chi connectivity index (χ0v) is 20.8. The van der Waals surface area contributed by atoms with Crippen molar-refractivity contribution in [3.05, 3.63) is 138 Å². The number of halogens is 6. The third-order valence-electron chi connectivity index (χ3n) is 7.57. The van der Waals surface area contributed by atoms with Crippen LogP contribution >= 0.6 is 0 Å². The maximum absolute atomic E-state index is 16.0. The maximum atomic E-state index is 16.0. The third-order valence-corrected chi connectivity index (χ3v) is 7.57. The Bertz CT molecular complexity index is 2080. The summed E-state index contributed by atoms with van der Waals surface area (Å²) in [7, 11) is 0. The topological polar surface area (TPSA) is 30.3 Å². The van der Waals surface area contributed by atoms with Gasteiger partial charge in [-0.3, -0.25) is 0 Å². The summed E-state index contributed by atoms with van der Waals surface area (Å²) in [6.07, 6.45) is 10.1. The van der Waals surface area contributed by atoms with Crippen molar-refractivity contribution < 1.29 is 45.0 Å². The molecule has 4 aromatic heterocycles. The first-order chi connectivity index (χ1) is 19.8. The predicted octanol–water partition coefficient (Wildman–Crippen LogP) is 2.47. The SMILES string of the molecule is Fc1cc(F)c2c(c1)C[n+]1cccn1-c1c(F)cc(F)c[n+]1[C@@]1(c3cc(F)cc(F)c3-n3ccc[n+]31)[n+]1cccn1-2. The average Bonchev–Trinajstić information content (AvgIpc) is 3.68. The van der Waals surface area contributed by atoms with E-state index >= 15 is 22.0 Å². The van der Waals surface area contributed by atoms with Crippen molar-refractivity contribution in [1.82, 2.24) is 14.0 Å². The first kappa shape index (κ1) is 23.7. The molecule has 0 amide bonds. The van der Waals surface area contributed by atoms with Gasteiger partial charge in [-0.1, -0.05) is 4.57 Å². The highest BCUT2D eigenvalue weighted by Crippen LogP contribution is 2.33. The first-order valence-corrected chi connectivity index (χ1v) is 12.5. The van der Waals surface area contributed by atoms with E-state index in [-0.39, 0.29) is 34.9 Å². The molecule has 1 atom stereocenters. The van der Waals surface area contributed by atoms with Crippen LogP contribution < -0.4 is 18.6 Å². The minimum Gasteiger partial charge on any atom is -0.207 e. The van der Waals surface area contributed by atoms with Crippen LogP contribution in [0.4, 0.5) is 26.3 Å². The van der Waals surface area contributed by atoms with Gasteiger partial charge < -0.3 is 0 Å². The molecule has 0 saturated heterocycles. The molecule has 2 aliphatic rings. The molecule has 0 aliphatic carbocycles. The highest BCUT2D eigenvalue weighted by molar-refractivity contribution is 5.46. The van der Waals surface area contributed by atoms with Gasteiger partial charge in [-0.05, 0) is 16.8 Å². The van der Waals surface area contributed by atoms with E-state index in [1.807, 2.05) is 0 Å². The summed E-state index contributed by atoms with van der Waals surface area (Å²) in [5, 5.41) is 0. The van der Waals surface area contributed by atoms with Gasteiger partial charge in [0.15, 0.2) is 40.6 Å². The van der Waals surface area contributed by atoms with Crippen molar-refractivity contribution in [1.29, 1.82) is 0 Å². The Hall–Kier alpha value is -5.20. The molecule has 41 heavy (non-hydrogen) atoms. The summed E-state index contributed by atoms with van der Waals surface area (Å²) in [4.78, 5) is 0. The molecule has 202 valence electrons. The number of aromatic nitrogens is 7. The standard InChI is InChI=1S/C28H17F6N7/c29-18-10-17-15-35-4-1-7-39(35)27-24(34)14-20(31)16-36(27)28(40-8-2-5-37(40)25(17)22(32)12-18)21-11-19(30)13-23(33)26(21)38-6-3-9-41(28)38/h1-14,16H,15H2/q+4/t28-/m0/s1. The van der Waals surface area contributed by atoms with E-state index in [0.717, 1.165) is 24.4 Å². The Labute approximate surface area is 226 Å². The second kappa shape index (κ2) is 7.93. The van der Waals surface area contributed by atoms with E-state index in [9.17, 15) is 4.39 Å². The van der Waals surface area contributed by atoms with Gasteiger partial charge >= 0.3 is 11.6 Å². The summed E-state index contributed by atoms with van der Waals surface area (Å²) >= 11 is 0. The second-order valence-electron chi connectivity index (χ2n) is 9.81. The van der Waals surface area contributed by atoms with Crippen molar-refractivity contribution >= 4 is 0 Å². The lowest BCUT2D eigenvalue weighted by atomic mass is 10.0. The molecule has 0 unspecified atom stereocenters. The van der Waals surface area contributed by atoms with Crippen molar-refractivity contribution in [2.24, 2.45) is 0 Å². The van der Waals surface area contributed by atoms with Gasteiger partial charge in [0.25, 0.3) is 0 Å². The van der Waals surface area contributed by atoms with Gasteiger partial charge in [-0.2, -0.15) is 4.39 Å². The van der Waals surface area contributed by atoms with Crippen LogP contribution in [0.1, 0.15) is 11.1 Å². The first-order valence-electron chi connectivity index (χ1n) is 12.5. The van der Waals surface area contributed by atoms with Crippen LogP contribution in [0.15, 0.2) is 91.9 Å². The fourth-order valence-electron chi connectivity index (χ4n) is 6.17. The molecule has 2 aliphatic heterocycles. The number of rotatable bonds is 0. The summed E-state index contributed by atoms with van der Waals surface area (Å²) in [5.74, 6) is -7.80. The highest BCUT2D eigenvalue weighted by atomic mass is 19.2. The summed E-state index contributed by atoms with van der Waals surface area (Å²) in [6.45, 7) is -0.109. The molecule has 13 heteroatoms. The summed E-state index contributed by atoms with van der Waals surface area (Å²) < 4.78 is 102. The Morgan fingerprint density at radius 1 is 0.610 bits per heavy atom. The van der Waals surface area contributed by atoms with Gasteiger partial charge in [-0.25, -0.2) is 22.0 Å². The second-order valence-corrected chi connectivity index (χ2v) is 9.81. The Kier molecular flexibility index (Phi) is 4.58. The van der Waals surface area contributed by atoms with Crippen LogP contribution in [0.25, 0.3) is 17.2 Å². The van der Waals surface area contributed by atoms with E-state index in [4.69, 9.17) is 0 Å². The smallest absolute Gasteiger partial charge is 0.207 e. The van der Waals surface area contributed by atoms with Crippen LogP contribution in [0.5, 0.6) is 0 Å². The molecule has 0 fully saturated rings. The van der Waals surface area contributed by atoms with Gasteiger partial charge in [0.1, 0.15) is 17.8 Å². The van der Waals surface area contributed by atoms with Crippen LogP contribution in [0, 0.1) is 34.9 Å². The van der Waals surface area contributed by atoms with Crippen molar-refractivity contribution in [3.63, 3.8) is 0 Å². The normalized spacial score (nSPS) is 16.5. The highest BCUT2D eigenvalue weighted by Gasteiger charge is 2.71. The van der Waals surface area contributed by atoms with Gasteiger partial charge in [0.2, 0.25) is 31.0 Å². The van der Waals surface area contributed by atoms with E-state index in [0.29, 0.717) is 12.1 Å². The molecule has 0 bridgehead atoms. The molecule has 0 saturated carbocycles. The predicted molar refractivity (Wildman–Crippen MR) is 125 cm³/mol. The van der Waals surface area contributed by atoms with Crippen LogP contribution in [0.2, 0.25) is 0 Å². The molecule has 0 radical (unpaired) electrons. The number of hydrogen-bond donors (Lipinski definition) is 0. The molecule has 6 heterocycles. The Morgan fingerprint density at radius 3 is 1.93 bits per heavy atom. The number of fused-ring (bicyclic) bond motifs is 13. The molecule has 6 aromatic rings. The molecular weight excluding hydrogens is 548 g/mol. The van der Waals surface area contributed by atoms with Gasteiger partial charge in [0, 0.05) is 44.4 Å². The monoisotopic (exact) mass is 565 g/mol. The van der Waals surface area contributed by atoms with Crippen LogP contribution in [0.3, 0.4) is 0 Å². The van der Waals surface area contributed by atoms with Crippen molar-refractivity contribution in [2.45, 2.75) is 12.3 Å². The number of hydrogen-bond acceptors (Lipinski definition) is 0.